The Hall–Kier alpha value is -2.60. The fourth-order valence-electron chi connectivity index (χ4n) is 4.68. The minimum atomic E-state index is 0.616. The first-order valence-corrected chi connectivity index (χ1v) is 8.44. The summed E-state index contributed by atoms with van der Waals surface area (Å²) in [4.78, 5) is 0. The molecule has 0 spiro atoms. The normalized spacial score (nSPS) is 17.5. The molecule has 0 heterocycles. The zero-order valence-corrected chi connectivity index (χ0v) is 13.1. The van der Waals surface area contributed by atoms with Crippen molar-refractivity contribution in [1.29, 1.82) is 0 Å². The average molecular weight is 292 g/mol. The first kappa shape index (κ1) is 11.9. The van der Waals surface area contributed by atoms with Gasteiger partial charge in [0.1, 0.15) is 0 Å². The summed E-state index contributed by atoms with van der Waals surface area (Å²) in [5, 5.41) is 12.7. The molecule has 1 unspecified atom stereocenters. The molecule has 5 aromatic carbocycles. The molecular weight excluding hydrogens is 276 g/mol. The molecule has 0 nitrogen and oxygen atoms in total. The summed E-state index contributed by atoms with van der Waals surface area (Å²) < 4.78 is 0. The summed E-state index contributed by atoms with van der Waals surface area (Å²) in [6, 6.07) is 20.7. The van der Waals surface area contributed by atoms with Gasteiger partial charge >= 0.3 is 0 Å². The van der Waals surface area contributed by atoms with Gasteiger partial charge in [-0.15, -0.1) is 0 Å². The zero-order valence-electron chi connectivity index (χ0n) is 13.1. The lowest BCUT2D eigenvalue weighted by molar-refractivity contribution is 0.803. The van der Waals surface area contributed by atoms with Crippen molar-refractivity contribution in [2.75, 3.05) is 0 Å². The fraction of sp³-hybridized carbons (Fsp3) is 0.130. The highest BCUT2D eigenvalue weighted by molar-refractivity contribution is 6.31. The van der Waals surface area contributed by atoms with Gasteiger partial charge in [0.2, 0.25) is 0 Å². The van der Waals surface area contributed by atoms with Gasteiger partial charge in [0.05, 0.1) is 0 Å². The van der Waals surface area contributed by atoms with E-state index in [9.17, 15) is 0 Å². The van der Waals surface area contributed by atoms with Crippen LogP contribution in [0, 0.1) is 0 Å². The molecule has 1 atom stereocenters. The van der Waals surface area contributed by atoms with E-state index in [4.69, 9.17) is 0 Å². The maximum Gasteiger partial charge on any atom is -0.00142 e. The van der Waals surface area contributed by atoms with Crippen LogP contribution in [0.3, 0.4) is 0 Å². The Kier molecular flexibility index (Phi) is 1.98. The van der Waals surface area contributed by atoms with Crippen molar-refractivity contribution in [3.8, 4) is 0 Å². The van der Waals surface area contributed by atoms with Gasteiger partial charge in [0.25, 0.3) is 0 Å². The monoisotopic (exact) mass is 292 g/mol. The third-order valence-electron chi connectivity index (χ3n) is 5.76. The van der Waals surface area contributed by atoms with E-state index < -0.39 is 0 Å². The van der Waals surface area contributed by atoms with Crippen LogP contribution in [0.25, 0.3) is 49.2 Å². The van der Waals surface area contributed by atoms with E-state index in [0.717, 1.165) is 6.42 Å². The van der Waals surface area contributed by atoms with Gasteiger partial charge in [-0.1, -0.05) is 55.5 Å². The second kappa shape index (κ2) is 3.83. The average Bonchev–Trinajstić information content (AvgIpc) is 2.59. The summed E-state index contributed by atoms with van der Waals surface area (Å²) in [5.41, 5.74) is 1.52. The van der Waals surface area contributed by atoms with Crippen LogP contribution in [0.2, 0.25) is 0 Å². The van der Waals surface area contributed by atoms with E-state index in [1.807, 2.05) is 0 Å². The van der Waals surface area contributed by atoms with Crippen LogP contribution in [0.4, 0.5) is 0 Å². The smallest absolute Gasteiger partial charge is 0.00142 e. The Morgan fingerprint density at radius 1 is 0.696 bits per heavy atom. The molecule has 108 valence electrons. The Balaban J connectivity index is 2.08. The lowest BCUT2D eigenvalue weighted by atomic mass is 9.82. The van der Waals surface area contributed by atoms with E-state index in [1.54, 1.807) is 0 Å². The number of hydrogen-bond donors (Lipinski definition) is 0. The topological polar surface area (TPSA) is 0 Å². The summed E-state index contributed by atoms with van der Waals surface area (Å²) in [6.45, 7) is 2.35. The van der Waals surface area contributed by atoms with Gasteiger partial charge in [-0.2, -0.15) is 0 Å². The molecular formula is C23H16. The van der Waals surface area contributed by atoms with Crippen LogP contribution in [0.1, 0.15) is 24.8 Å². The van der Waals surface area contributed by atoms with Gasteiger partial charge in [-0.3, -0.25) is 0 Å². The second-order valence-electron chi connectivity index (χ2n) is 7.05. The summed E-state index contributed by atoms with van der Waals surface area (Å²) in [5.74, 6) is 0.616. The fourth-order valence-corrected chi connectivity index (χ4v) is 4.68. The zero-order chi connectivity index (χ0) is 15.1. The quantitative estimate of drug-likeness (QED) is 0.252. The van der Waals surface area contributed by atoms with Crippen LogP contribution in [-0.2, 0) is 0 Å². The van der Waals surface area contributed by atoms with E-state index in [0.29, 0.717) is 5.92 Å². The van der Waals surface area contributed by atoms with E-state index in [-0.39, 0.29) is 0 Å². The molecule has 5 aromatic rings. The predicted octanol–water partition coefficient (Wildman–Crippen LogP) is 5.74. The van der Waals surface area contributed by atoms with Gasteiger partial charge in [-0.25, -0.2) is 0 Å². The largest absolute Gasteiger partial charge is 0.0760 e. The highest BCUT2D eigenvalue weighted by Gasteiger charge is 2.19. The maximum absolute atomic E-state index is 2.43. The SMILES string of the molecule is CC1CC=c2cc3ccc4cccc5cc6ccc1c2c6c3c45. The van der Waals surface area contributed by atoms with Crippen molar-refractivity contribution in [3.63, 3.8) is 0 Å². The van der Waals surface area contributed by atoms with Crippen molar-refractivity contribution >= 4 is 49.2 Å². The Labute approximate surface area is 134 Å². The molecule has 0 aliphatic heterocycles. The molecule has 0 N–H and O–H groups in total. The highest BCUT2D eigenvalue weighted by atomic mass is 14.2. The molecule has 0 fully saturated rings. The van der Waals surface area contributed by atoms with Gasteiger partial charge in [-0.05, 0) is 78.3 Å². The van der Waals surface area contributed by atoms with Crippen LogP contribution in [0.15, 0.2) is 54.6 Å². The molecule has 1 aliphatic carbocycles. The third-order valence-corrected chi connectivity index (χ3v) is 5.76. The van der Waals surface area contributed by atoms with Gasteiger partial charge in [0, 0.05) is 0 Å². The standard InChI is InChI=1S/C23H16/c1-13-5-6-16-12-17-8-7-14-3-2-4-15-11-18-9-10-19(13)21(16)23(18)22(17)20(14)15/h2-4,6-13H,5H2,1H3. The summed E-state index contributed by atoms with van der Waals surface area (Å²) >= 11 is 0. The van der Waals surface area contributed by atoms with Gasteiger partial charge in [0.15, 0.2) is 0 Å². The molecule has 0 heteroatoms. The minimum Gasteiger partial charge on any atom is -0.0760 e. The first-order chi connectivity index (χ1) is 11.3. The van der Waals surface area contributed by atoms with Crippen LogP contribution in [-0.4, -0.2) is 0 Å². The number of hydrogen-bond acceptors (Lipinski definition) is 0. The third kappa shape index (κ3) is 1.33. The Bertz CT molecular complexity index is 1290. The number of rotatable bonds is 0. The van der Waals surface area contributed by atoms with Crippen molar-refractivity contribution in [2.45, 2.75) is 19.3 Å². The second-order valence-corrected chi connectivity index (χ2v) is 7.05. The predicted molar refractivity (Wildman–Crippen MR) is 100 cm³/mol. The first-order valence-electron chi connectivity index (χ1n) is 8.44. The van der Waals surface area contributed by atoms with Crippen molar-refractivity contribution in [1.82, 2.24) is 0 Å². The molecule has 0 amide bonds. The molecule has 0 saturated carbocycles. The van der Waals surface area contributed by atoms with Crippen molar-refractivity contribution < 1.29 is 0 Å². The number of benzene rings is 5. The Morgan fingerprint density at radius 2 is 1.39 bits per heavy atom. The molecule has 0 bridgehead atoms. The summed E-state index contributed by atoms with van der Waals surface area (Å²) in [6.07, 6.45) is 3.58. The maximum atomic E-state index is 2.43. The van der Waals surface area contributed by atoms with E-state index in [2.05, 4.69) is 67.6 Å². The van der Waals surface area contributed by atoms with Crippen LogP contribution >= 0.6 is 0 Å². The Morgan fingerprint density at radius 3 is 2.35 bits per heavy atom. The van der Waals surface area contributed by atoms with Crippen molar-refractivity contribution in [2.24, 2.45) is 0 Å². The summed E-state index contributed by atoms with van der Waals surface area (Å²) in [7, 11) is 0. The molecule has 1 aliphatic rings. The van der Waals surface area contributed by atoms with Crippen LogP contribution < -0.4 is 5.22 Å². The van der Waals surface area contributed by atoms with E-state index >= 15 is 0 Å². The molecule has 0 radical (unpaired) electrons. The van der Waals surface area contributed by atoms with Gasteiger partial charge < -0.3 is 0 Å². The molecule has 0 aromatic heterocycles. The van der Waals surface area contributed by atoms with Crippen molar-refractivity contribution in [3.05, 3.63) is 65.4 Å². The minimum absolute atomic E-state index is 0.616. The van der Waals surface area contributed by atoms with E-state index in [1.165, 1.54) is 53.9 Å². The van der Waals surface area contributed by atoms with Crippen LogP contribution in [0.5, 0.6) is 0 Å². The highest BCUT2D eigenvalue weighted by Crippen LogP contribution is 2.41. The molecule has 0 saturated heterocycles. The molecule has 23 heavy (non-hydrogen) atoms. The molecule has 6 rings (SSSR count). The lowest BCUT2D eigenvalue weighted by Gasteiger charge is -2.22. The lowest BCUT2D eigenvalue weighted by Crippen LogP contribution is -2.13.